The first-order chi connectivity index (χ1) is 13.9. The monoisotopic (exact) mass is 399 g/mol. The van der Waals surface area contributed by atoms with Crippen LogP contribution in [0.25, 0.3) is 11.4 Å². The van der Waals surface area contributed by atoms with Gasteiger partial charge >= 0.3 is 5.97 Å². The van der Waals surface area contributed by atoms with E-state index in [4.69, 9.17) is 9.26 Å². The Balaban J connectivity index is 1.66. The number of aromatic nitrogens is 3. The molecule has 0 spiro atoms. The minimum absolute atomic E-state index is 0.119. The molecular formula is C23H33N3O3. The molecule has 3 rings (SSSR count). The fourth-order valence-corrected chi connectivity index (χ4v) is 4.04. The Morgan fingerprint density at radius 1 is 1.28 bits per heavy atom. The molecule has 2 heterocycles. The molecule has 2 aromatic rings. The maximum Gasteiger partial charge on any atom is 0.307 e. The second kappa shape index (κ2) is 9.99. The number of carbonyl (C=O) groups excluding carboxylic acids is 1. The van der Waals surface area contributed by atoms with Crippen LogP contribution in [0.5, 0.6) is 0 Å². The van der Waals surface area contributed by atoms with E-state index in [-0.39, 0.29) is 18.3 Å². The zero-order chi connectivity index (χ0) is 20.7. The molecule has 1 aliphatic carbocycles. The smallest absolute Gasteiger partial charge is 0.307 e. The summed E-state index contributed by atoms with van der Waals surface area (Å²) in [6.45, 7) is 5.66. The Morgan fingerprint density at radius 3 is 2.76 bits per heavy atom. The van der Waals surface area contributed by atoms with Gasteiger partial charge in [0.25, 0.3) is 0 Å². The molecule has 0 aliphatic heterocycles. The lowest BCUT2D eigenvalue weighted by atomic mass is 9.84. The minimum atomic E-state index is -0.501. The summed E-state index contributed by atoms with van der Waals surface area (Å²) in [4.78, 5) is 21.1. The summed E-state index contributed by atoms with van der Waals surface area (Å²) in [6, 6.07) is 3.74. The van der Waals surface area contributed by atoms with Crippen LogP contribution in [0.1, 0.15) is 90.4 Å². The maximum atomic E-state index is 12.5. The lowest BCUT2D eigenvalue weighted by Gasteiger charge is -2.23. The number of pyridine rings is 1. The summed E-state index contributed by atoms with van der Waals surface area (Å²) in [6.07, 6.45) is 13.5. The normalized spacial score (nSPS) is 16.5. The molecule has 6 nitrogen and oxygen atoms in total. The van der Waals surface area contributed by atoms with Gasteiger partial charge in [-0.3, -0.25) is 9.78 Å². The number of hydrogen-bond acceptors (Lipinski definition) is 6. The van der Waals surface area contributed by atoms with Crippen molar-refractivity contribution in [1.82, 2.24) is 15.1 Å². The number of hydrogen-bond donors (Lipinski definition) is 0. The first-order valence-corrected chi connectivity index (χ1v) is 10.9. The van der Waals surface area contributed by atoms with E-state index in [1.165, 1.54) is 38.5 Å². The van der Waals surface area contributed by atoms with Crippen LogP contribution in [0.2, 0.25) is 0 Å². The number of carbonyl (C=O) groups is 1. The fourth-order valence-electron chi connectivity index (χ4n) is 4.04. The van der Waals surface area contributed by atoms with Crippen molar-refractivity contribution in [3.63, 3.8) is 0 Å². The van der Waals surface area contributed by atoms with Crippen molar-refractivity contribution >= 4 is 5.97 Å². The van der Waals surface area contributed by atoms with Crippen LogP contribution in [0.4, 0.5) is 0 Å². The molecule has 6 heteroatoms. The van der Waals surface area contributed by atoms with Crippen LogP contribution >= 0.6 is 0 Å². The average molecular weight is 400 g/mol. The molecule has 2 aromatic heterocycles. The lowest BCUT2D eigenvalue weighted by Crippen LogP contribution is -2.25. The van der Waals surface area contributed by atoms with E-state index in [1.54, 1.807) is 12.4 Å². The lowest BCUT2D eigenvalue weighted by molar-refractivity contribution is -0.155. The first-order valence-electron chi connectivity index (χ1n) is 10.9. The molecule has 1 aliphatic rings. The van der Waals surface area contributed by atoms with E-state index in [1.807, 2.05) is 32.9 Å². The van der Waals surface area contributed by atoms with Crippen molar-refractivity contribution in [3.05, 3.63) is 30.4 Å². The van der Waals surface area contributed by atoms with E-state index >= 15 is 0 Å². The van der Waals surface area contributed by atoms with Gasteiger partial charge in [0, 0.05) is 23.9 Å². The van der Waals surface area contributed by atoms with Crippen LogP contribution in [0, 0.1) is 5.92 Å². The van der Waals surface area contributed by atoms with Crippen LogP contribution in [0.3, 0.4) is 0 Å². The first kappa shape index (κ1) is 21.5. The summed E-state index contributed by atoms with van der Waals surface area (Å²) >= 11 is 0. The van der Waals surface area contributed by atoms with Crippen LogP contribution in [-0.4, -0.2) is 26.7 Å². The van der Waals surface area contributed by atoms with E-state index in [0.29, 0.717) is 11.7 Å². The second-order valence-corrected chi connectivity index (χ2v) is 9.12. The molecule has 0 amide bonds. The van der Waals surface area contributed by atoms with Gasteiger partial charge in [-0.1, -0.05) is 50.1 Å². The molecule has 0 unspecified atom stereocenters. The topological polar surface area (TPSA) is 78.1 Å². The Bertz CT molecular complexity index is 761. The van der Waals surface area contributed by atoms with E-state index in [0.717, 1.165) is 24.3 Å². The largest absolute Gasteiger partial charge is 0.460 e. The predicted molar refractivity (Wildman–Crippen MR) is 111 cm³/mol. The Morgan fingerprint density at radius 2 is 2.07 bits per heavy atom. The van der Waals surface area contributed by atoms with Gasteiger partial charge in [-0.25, -0.2) is 0 Å². The fraction of sp³-hybridized carbons (Fsp3) is 0.652. The standard InChI is InChI=1S/C23H33N3O3/c1-23(2,3)28-20(27)15-18(12-7-11-17-9-5-4-6-10-17)22-25-21(26-29-22)19-13-8-14-24-16-19/h8,13-14,16-18H,4-7,9-12,15H2,1-3H3/t18-/m1/s1. The van der Waals surface area contributed by atoms with Gasteiger partial charge < -0.3 is 9.26 Å². The highest BCUT2D eigenvalue weighted by Gasteiger charge is 2.26. The molecule has 0 aromatic carbocycles. The Kier molecular flexibility index (Phi) is 7.40. The molecule has 29 heavy (non-hydrogen) atoms. The highest BCUT2D eigenvalue weighted by molar-refractivity contribution is 5.70. The van der Waals surface area contributed by atoms with E-state index in [9.17, 15) is 4.79 Å². The highest BCUT2D eigenvalue weighted by Crippen LogP contribution is 2.32. The zero-order valence-electron chi connectivity index (χ0n) is 17.9. The van der Waals surface area contributed by atoms with Crippen molar-refractivity contribution in [2.24, 2.45) is 5.92 Å². The SMILES string of the molecule is CC(C)(C)OC(=O)C[C@@H](CCCC1CCCCC1)c1nc(-c2cccnc2)no1. The van der Waals surface area contributed by atoms with Crippen molar-refractivity contribution < 1.29 is 14.1 Å². The Hall–Kier alpha value is -2.24. The highest BCUT2D eigenvalue weighted by atomic mass is 16.6. The van der Waals surface area contributed by atoms with Gasteiger partial charge in [0.05, 0.1) is 6.42 Å². The third-order valence-electron chi connectivity index (χ3n) is 5.43. The van der Waals surface area contributed by atoms with E-state index < -0.39 is 5.60 Å². The predicted octanol–water partition coefficient (Wildman–Crippen LogP) is 5.70. The van der Waals surface area contributed by atoms with Gasteiger partial charge in [-0.2, -0.15) is 4.98 Å². The molecule has 1 atom stereocenters. The Labute approximate surface area is 173 Å². The number of rotatable bonds is 8. The third-order valence-corrected chi connectivity index (χ3v) is 5.43. The van der Waals surface area contributed by atoms with Gasteiger partial charge in [0.1, 0.15) is 5.60 Å². The summed E-state index contributed by atoms with van der Waals surface area (Å²) in [5.41, 5.74) is 0.306. The molecule has 1 fully saturated rings. The van der Waals surface area contributed by atoms with Crippen LogP contribution < -0.4 is 0 Å². The van der Waals surface area contributed by atoms with Crippen molar-refractivity contribution in [2.75, 3.05) is 0 Å². The molecule has 158 valence electrons. The number of esters is 1. The number of ether oxygens (including phenoxy) is 1. The van der Waals surface area contributed by atoms with Crippen LogP contribution in [-0.2, 0) is 9.53 Å². The van der Waals surface area contributed by atoms with E-state index in [2.05, 4.69) is 15.1 Å². The zero-order valence-corrected chi connectivity index (χ0v) is 17.9. The van der Waals surface area contributed by atoms with Crippen molar-refractivity contribution in [1.29, 1.82) is 0 Å². The minimum Gasteiger partial charge on any atom is -0.460 e. The summed E-state index contributed by atoms with van der Waals surface area (Å²) in [5, 5.41) is 4.11. The third kappa shape index (κ3) is 6.94. The average Bonchev–Trinajstić information content (AvgIpc) is 3.17. The van der Waals surface area contributed by atoms with Gasteiger partial charge in [-0.15, -0.1) is 0 Å². The molecule has 0 radical (unpaired) electrons. The molecule has 1 saturated carbocycles. The van der Waals surface area contributed by atoms with Crippen molar-refractivity contribution in [2.45, 2.75) is 90.1 Å². The molecule has 0 N–H and O–H groups in total. The van der Waals surface area contributed by atoms with Gasteiger partial charge in [0.15, 0.2) is 0 Å². The summed E-state index contributed by atoms with van der Waals surface area (Å²) in [5.74, 6) is 1.50. The van der Waals surface area contributed by atoms with Crippen molar-refractivity contribution in [3.8, 4) is 11.4 Å². The molecule has 0 saturated heterocycles. The molecule has 0 bridgehead atoms. The number of nitrogens with zero attached hydrogens (tertiary/aromatic N) is 3. The second-order valence-electron chi connectivity index (χ2n) is 9.12. The summed E-state index contributed by atoms with van der Waals surface area (Å²) in [7, 11) is 0. The van der Waals surface area contributed by atoms with Gasteiger partial charge in [-0.05, 0) is 45.2 Å². The molecular weight excluding hydrogens is 366 g/mol. The maximum absolute atomic E-state index is 12.5. The quantitative estimate of drug-likeness (QED) is 0.530. The van der Waals surface area contributed by atoms with Crippen LogP contribution in [0.15, 0.2) is 29.0 Å². The summed E-state index contributed by atoms with van der Waals surface area (Å²) < 4.78 is 11.1. The van der Waals surface area contributed by atoms with Gasteiger partial charge in [0.2, 0.25) is 11.7 Å².